The van der Waals surface area contributed by atoms with E-state index < -0.39 is 0 Å². The van der Waals surface area contributed by atoms with Crippen LogP contribution in [0.2, 0.25) is 0 Å². The molecule has 0 bridgehead atoms. The summed E-state index contributed by atoms with van der Waals surface area (Å²) in [6, 6.07) is 17.8. The fourth-order valence-corrected chi connectivity index (χ4v) is 3.55. The van der Waals surface area contributed by atoms with Crippen molar-refractivity contribution in [2.45, 2.75) is 26.2 Å². The molecule has 1 heterocycles. The molecule has 5 heteroatoms. The average Bonchev–Trinajstić information content (AvgIpc) is 3.17. The van der Waals surface area contributed by atoms with Gasteiger partial charge in [0.15, 0.2) is 5.82 Å². The molecule has 0 unspecified atom stereocenters. The van der Waals surface area contributed by atoms with E-state index in [4.69, 9.17) is 5.73 Å². The van der Waals surface area contributed by atoms with Crippen LogP contribution in [0.25, 0.3) is 16.8 Å². The molecule has 1 aromatic heterocycles. The average molecular weight is 370 g/mol. The van der Waals surface area contributed by atoms with Crippen LogP contribution in [-0.4, -0.2) is 15.9 Å². The van der Waals surface area contributed by atoms with Crippen LogP contribution in [0.1, 0.15) is 29.1 Å². The van der Waals surface area contributed by atoms with E-state index in [0.29, 0.717) is 5.82 Å². The Labute approximate surface area is 164 Å². The molecule has 0 radical (unpaired) electrons. The number of fused-ring (bicyclic) bond motifs is 1. The Hall–Kier alpha value is -3.47. The van der Waals surface area contributed by atoms with Crippen molar-refractivity contribution < 1.29 is 4.79 Å². The number of carbonyl (C=O) groups is 1. The summed E-state index contributed by atoms with van der Waals surface area (Å²) in [7, 11) is 0. The Kier molecular flexibility index (Phi) is 4.89. The topological polar surface area (TPSA) is 80.9 Å². The molecule has 1 aliphatic carbocycles. The molecular weight excluding hydrogens is 348 g/mol. The van der Waals surface area contributed by atoms with Gasteiger partial charge in [-0.2, -0.15) is 0 Å². The van der Waals surface area contributed by atoms with Gasteiger partial charge in [0.1, 0.15) is 0 Å². The monoisotopic (exact) mass is 370 g/mol. The van der Waals surface area contributed by atoms with Gasteiger partial charge in [0.2, 0.25) is 0 Å². The lowest BCUT2D eigenvalue weighted by Gasteiger charge is -2.11. The van der Waals surface area contributed by atoms with Crippen molar-refractivity contribution in [1.82, 2.24) is 9.97 Å². The van der Waals surface area contributed by atoms with Crippen molar-refractivity contribution >= 4 is 17.2 Å². The summed E-state index contributed by atoms with van der Waals surface area (Å²) >= 11 is 0. The summed E-state index contributed by atoms with van der Waals surface area (Å²) in [5, 5.41) is 2.93. The summed E-state index contributed by atoms with van der Waals surface area (Å²) in [5.41, 5.74) is 12.0. The lowest BCUT2D eigenvalue weighted by atomic mass is 10.1. The third kappa shape index (κ3) is 3.64. The molecule has 1 amide bonds. The zero-order valence-corrected chi connectivity index (χ0v) is 15.8. The van der Waals surface area contributed by atoms with Crippen LogP contribution in [0.5, 0.6) is 0 Å². The summed E-state index contributed by atoms with van der Waals surface area (Å²) in [5.74, 6) is 0.00470. The van der Waals surface area contributed by atoms with E-state index in [9.17, 15) is 4.79 Å². The van der Waals surface area contributed by atoms with Crippen LogP contribution in [0.3, 0.4) is 0 Å². The van der Waals surface area contributed by atoms with Crippen molar-refractivity contribution in [3.63, 3.8) is 0 Å². The number of nitrogens with one attached hydrogen (secondary N) is 1. The van der Waals surface area contributed by atoms with Crippen LogP contribution in [0.15, 0.2) is 60.8 Å². The molecule has 0 saturated carbocycles. The number of nitrogens with zero attached hydrogens (tertiary/aromatic N) is 2. The highest BCUT2D eigenvalue weighted by molar-refractivity contribution is 6.24. The third-order valence-electron chi connectivity index (χ3n) is 4.93. The molecule has 5 nitrogen and oxygen atoms in total. The van der Waals surface area contributed by atoms with Crippen molar-refractivity contribution in [1.29, 1.82) is 0 Å². The van der Waals surface area contributed by atoms with Gasteiger partial charge in [0.25, 0.3) is 5.91 Å². The first-order chi connectivity index (χ1) is 13.6. The van der Waals surface area contributed by atoms with E-state index in [1.807, 2.05) is 55.5 Å². The lowest BCUT2D eigenvalue weighted by molar-refractivity contribution is -0.111. The third-order valence-corrected chi connectivity index (χ3v) is 4.93. The second-order valence-electron chi connectivity index (χ2n) is 6.96. The molecule has 3 aromatic rings. The number of anilines is 1. The molecule has 28 heavy (non-hydrogen) atoms. The van der Waals surface area contributed by atoms with Gasteiger partial charge in [-0.3, -0.25) is 4.79 Å². The maximum Gasteiger partial charge on any atom is 0.260 e. The van der Waals surface area contributed by atoms with E-state index in [2.05, 4.69) is 21.4 Å². The second kappa shape index (κ2) is 7.64. The van der Waals surface area contributed by atoms with Crippen LogP contribution in [-0.2, 0) is 17.6 Å². The van der Waals surface area contributed by atoms with Gasteiger partial charge < -0.3 is 11.1 Å². The fourth-order valence-electron chi connectivity index (χ4n) is 3.55. The minimum absolute atomic E-state index is 0.251. The van der Waals surface area contributed by atoms with Crippen LogP contribution in [0.4, 0.5) is 5.69 Å². The number of hydrogen-bond acceptors (Lipinski definition) is 4. The molecule has 3 N–H and O–H groups in total. The molecule has 0 saturated heterocycles. The maximum atomic E-state index is 12.9. The first-order valence-corrected chi connectivity index (χ1v) is 9.40. The van der Waals surface area contributed by atoms with E-state index in [1.165, 1.54) is 23.7 Å². The summed E-state index contributed by atoms with van der Waals surface area (Å²) in [4.78, 5) is 21.9. The minimum Gasteiger partial charge on any atom is -0.404 e. The van der Waals surface area contributed by atoms with Crippen LogP contribution in [0, 0.1) is 6.92 Å². The Morgan fingerprint density at radius 1 is 1.04 bits per heavy atom. The molecule has 1 aliphatic rings. The van der Waals surface area contributed by atoms with Gasteiger partial charge in [-0.1, -0.05) is 36.4 Å². The zero-order chi connectivity index (χ0) is 19.5. The van der Waals surface area contributed by atoms with E-state index in [1.54, 1.807) is 0 Å². The molecule has 0 spiro atoms. The molecule has 4 rings (SSSR count). The zero-order valence-electron chi connectivity index (χ0n) is 15.8. The number of aromatic nitrogens is 2. The standard InChI is InChI=1S/C23H22N4O/c1-15-12-21(17-6-3-2-4-7-17)27-22(25-15)20(14-24)23(28)26-19-11-10-16-8-5-9-18(16)13-19/h2-4,6-7,10-14H,5,8-9,24H2,1H3,(H,26,28). The summed E-state index contributed by atoms with van der Waals surface area (Å²) in [6.07, 6.45) is 4.60. The Bertz CT molecular complexity index is 1060. The smallest absolute Gasteiger partial charge is 0.260 e. The number of carbonyl (C=O) groups excluding carboxylic acids is 1. The van der Waals surface area contributed by atoms with Gasteiger partial charge in [0.05, 0.1) is 11.3 Å². The summed E-state index contributed by atoms with van der Waals surface area (Å²) < 4.78 is 0. The molecule has 0 aliphatic heterocycles. The van der Waals surface area contributed by atoms with Crippen molar-refractivity contribution in [3.05, 3.63) is 83.4 Å². The highest BCUT2D eigenvalue weighted by atomic mass is 16.1. The highest BCUT2D eigenvalue weighted by Crippen LogP contribution is 2.26. The van der Waals surface area contributed by atoms with E-state index in [0.717, 1.165) is 35.5 Å². The lowest BCUT2D eigenvalue weighted by Crippen LogP contribution is -2.17. The first-order valence-electron chi connectivity index (χ1n) is 9.40. The van der Waals surface area contributed by atoms with Crippen molar-refractivity contribution in [2.24, 2.45) is 5.73 Å². The molecule has 0 fully saturated rings. The number of aryl methyl sites for hydroxylation is 3. The number of rotatable bonds is 4. The van der Waals surface area contributed by atoms with E-state index >= 15 is 0 Å². The summed E-state index contributed by atoms with van der Waals surface area (Å²) in [6.45, 7) is 1.88. The van der Waals surface area contributed by atoms with Gasteiger partial charge >= 0.3 is 0 Å². The predicted molar refractivity (Wildman–Crippen MR) is 111 cm³/mol. The number of amides is 1. The number of benzene rings is 2. The first kappa shape index (κ1) is 17.9. The van der Waals surface area contributed by atoms with Crippen molar-refractivity contribution in [2.75, 3.05) is 5.32 Å². The van der Waals surface area contributed by atoms with E-state index in [-0.39, 0.29) is 11.5 Å². The Morgan fingerprint density at radius 3 is 2.61 bits per heavy atom. The molecule has 140 valence electrons. The normalized spacial score (nSPS) is 13.2. The van der Waals surface area contributed by atoms with Crippen LogP contribution >= 0.6 is 0 Å². The quantitative estimate of drug-likeness (QED) is 0.683. The Morgan fingerprint density at radius 2 is 1.82 bits per heavy atom. The number of nitrogens with two attached hydrogens (primary N) is 1. The Balaban J connectivity index is 1.62. The fraction of sp³-hybridized carbons (Fsp3) is 0.174. The number of hydrogen-bond donors (Lipinski definition) is 2. The maximum absolute atomic E-state index is 12.9. The second-order valence-corrected chi connectivity index (χ2v) is 6.96. The minimum atomic E-state index is -0.315. The SMILES string of the molecule is Cc1cc(-c2ccccc2)nc(C(=CN)C(=O)Nc2ccc3c(c2)CCC3)n1. The largest absolute Gasteiger partial charge is 0.404 e. The highest BCUT2D eigenvalue weighted by Gasteiger charge is 2.18. The van der Waals surface area contributed by atoms with Crippen LogP contribution < -0.4 is 11.1 Å². The predicted octanol–water partition coefficient (Wildman–Crippen LogP) is 3.88. The van der Waals surface area contributed by atoms with Gasteiger partial charge in [-0.15, -0.1) is 0 Å². The van der Waals surface area contributed by atoms with Crippen molar-refractivity contribution in [3.8, 4) is 11.3 Å². The molecular formula is C23H22N4O. The van der Waals surface area contributed by atoms with Gasteiger partial charge in [-0.05, 0) is 55.5 Å². The molecule has 2 aromatic carbocycles. The molecule has 0 atom stereocenters. The van der Waals surface area contributed by atoms with Gasteiger partial charge in [0, 0.05) is 23.1 Å². The van der Waals surface area contributed by atoms with Gasteiger partial charge in [-0.25, -0.2) is 9.97 Å².